The number of hydrogen-bond donors (Lipinski definition) is 1. The molecule has 0 aromatic carbocycles. The summed E-state index contributed by atoms with van der Waals surface area (Å²) >= 11 is 0. The average Bonchev–Trinajstić information content (AvgIpc) is 3.16. The lowest BCUT2D eigenvalue weighted by Gasteiger charge is -2.61. The summed E-state index contributed by atoms with van der Waals surface area (Å²) in [7, 11) is -1.74. The van der Waals surface area contributed by atoms with E-state index in [-0.39, 0.29) is 6.10 Å². The SMILES string of the molecule is CC(C)[Si](OCCC[C@@H](C)[C@H]1CC[C@H]2[C@@H]3CC[C@H]4C[C@@H](O)CC[C@]4(C)[C@H]3CC[C@]12C)(C(C)C)C(C)C. The van der Waals surface area contributed by atoms with Crippen LogP contribution in [-0.2, 0) is 4.43 Å². The molecule has 36 heavy (non-hydrogen) atoms. The van der Waals surface area contributed by atoms with Gasteiger partial charge >= 0.3 is 0 Å². The third-order valence-corrected chi connectivity index (χ3v) is 19.4. The molecule has 1 N–H and O–H groups in total. The molecule has 4 saturated carbocycles. The minimum absolute atomic E-state index is 0.0244. The van der Waals surface area contributed by atoms with Crippen molar-refractivity contribution in [3.63, 3.8) is 0 Å². The summed E-state index contributed by atoms with van der Waals surface area (Å²) in [5.41, 5.74) is 3.12. The zero-order chi connectivity index (χ0) is 26.5. The molecule has 0 aromatic rings. The minimum Gasteiger partial charge on any atom is -0.416 e. The van der Waals surface area contributed by atoms with Gasteiger partial charge in [0, 0.05) is 6.61 Å². The van der Waals surface area contributed by atoms with Crippen LogP contribution in [0.2, 0.25) is 16.6 Å². The molecule has 0 unspecified atom stereocenters. The third kappa shape index (κ3) is 4.83. The molecule has 0 aliphatic heterocycles. The van der Waals surface area contributed by atoms with Crippen molar-refractivity contribution in [2.24, 2.45) is 46.3 Å². The monoisotopic (exact) mass is 518 g/mol. The fraction of sp³-hybridized carbons (Fsp3) is 1.00. The molecule has 2 nitrogen and oxygen atoms in total. The summed E-state index contributed by atoms with van der Waals surface area (Å²) in [5.74, 6) is 5.34. The summed E-state index contributed by atoms with van der Waals surface area (Å²) in [4.78, 5) is 0. The molecule has 3 heteroatoms. The lowest BCUT2D eigenvalue weighted by Crippen LogP contribution is -2.54. The zero-order valence-electron chi connectivity index (χ0n) is 25.6. The zero-order valence-corrected chi connectivity index (χ0v) is 26.6. The van der Waals surface area contributed by atoms with E-state index in [0.717, 1.165) is 55.0 Å². The first-order chi connectivity index (χ1) is 16.9. The van der Waals surface area contributed by atoms with Gasteiger partial charge in [-0.2, -0.15) is 0 Å². The summed E-state index contributed by atoms with van der Waals surface area (Å²) < 4.78 is 6.92. The number of rotatable bonds is 9. The normalized spacial score (nSPS) is 41.9. The average molecular weight is 519 g/mol. The van der Waals surface area contributed by atoms with Gasteiger partial charge in [0.25, 0.3) is 0 Å². The van der Waals surface area contributed by atoms with Crippen molar-refractivity contribution in [3.8, 4) is 0 Å². The fourth-order valence-electron chi connectivity index (χ4n) is 11.6. The largest absolute Gasteiger partial charge is 0.416 e. The molecule has 9 atom stereocenters. The van der Waals surface area contributed by atoms with Gasteiger partial charge in [-0.05, 0) is 134 Å². The standard InChI is InChI=1S/C33H62O2Si/c1-22(2)36(23(3)4,24(5)6)35-20-10-11-25(7)29-14-15-30-28-13-12-26-21-27(34)16-18-32(26,8)31(28)17-19-33(29,30)9/h22-31,34H,10-21H2,1-9H3/t25-,26+,27+,28+,29-,30+,31+,32+,33-/m1/s1. The van der Waals surface area contributed by atoms with Crippen LogP contribution in [-0.4, -0.2) is 26.1 Å². The highest BCUT2D eigenvalue weighted by Crippen LogP contribution is 2.68. The number of aliphatic hydroxyl groups excluding tert-OH is 1. The molecular weight excluding hydrogens is 456 g/mol. The van der Waals surface area contributed by atoms with E-state index in [4.69, 9.17) is 4.43 Å². The van der Waals surface area contributed by atoms with Crippen molar-refractivity contribution in [3.05, 3.63) is 0 Å². The van der Waals surface area contributed by atoms with Crippen molar-refractivity contribution < 1.29 is 9.53 Å². The molecule has 4 rings (SSSR count). The highest BCUT2D eigenvalue weighted by molar-refractivity contribution is 6.77. The van der Waals surface area contributed by atoms with E-state index in [0.29, 0.717) is 27.5 Å². The van der Waals surface area contributed by atoms with Crippen LogP contribution in [0.15, 0.2) is 0 Å². The van der Waals surface area contributed by atoms with Gasteiger partial charge in [0.05, 0.1) is 6.10 Å². The Labute approximate surface area is 226 Å². The van der Waals surface area contributed by atoms with Crippen molar-refractivity contribution in [2.45, 2.75) is 156 Å². The van der Waals surface area contributed by atoms with Crippen LogP contribution < -0.4 is 0 Å². The lowest BCUT2D eigenvalue weighted by atomic mass is 9.44. The van der Waals surface area contributed by atoms with Gasteiger partial charge in [-0.15, -0.1) is 0 Å². The predicted octanol–water partition coefficient (Wildman–Crippen LogP) is 9.61. The van der Waals surface area contributed by atoms with Crippen LogP contribution in [0.4, 0.5) is 0 Å². The number of fused-ring (bicyclic) bond motifs is 5. The van der Waals surface area contributed by atoms with Crippen LogP contribution >= 0.6 is 0 Å². The predicted molar refractivity (Wildman–Crippen MR) is 157 cm³/mol. The molecule has 0 saturated heterocycles. The Morgan fingerprint density at radius 1 is 0.778 bits per heavy atom. The Hall–Kier alpha value is 0.137. The molecule has 0 radical (unpaired) electrons. The first-order valence-electron chi connectivity index (χ1n) is 16.2. The van der Waals surface area contributed by atoms with Crippen molar-refractivity contribution in [1.29, 1.82) is 0 Å². The van der Waals surface area contributed by atoms with Crippen molar-refractivity contribution in [1.82, 2.24) is 0 Å². The molecule has 4 aliphatic carbocycles. The second-order valence-electron chi connectivity index (χ2n) is 15.6. The van der Waals surface area contributed by atoms with Crippen LogP contribution in [0.25, 0.3) is 0 Å². The quantitative estimate of drug-likeness (QED) is 0.243. The summed E-state index contributed by atoms with van der Waals surface area (Å²) in [6.45, 7) is 23.4. The minimum atomic E-state index is -1.74. The third-order valence-electron chi connectivity index (χ3n) is 13.3. The summed E-state index contributed by atoms with van der Waals surface area (Å²) in [6.07, 6.45) is 14.7. The smallest absolute Gasteiger partial charge is 0.200 e. The maximum atomic E-state index is 10.4. The second kappa shape index (κ2) is 11.0. The van der Waals surface area contributed by atoms with Crippen LogP contribution in [0.3, 0.4) is 0 Å². The molecule has 210 valence electrons. The highest BCUT2D eigenvalue weighted by atomic mass is 28.4. The lowest BCUT2D eigenvalue weighted by molar-refractivity contribution is -0.129. The molecule has 0 aromatic heterocycles. The van der Waals surface area contributed by atoms with Gasteiger partial charge in [0.2, 0.25) is 0 Å². The van der Waals surface area contributed by atoms with E-state index < -0.39 is 8.32 Å². The second-order valence-corrected chi connectivity index (χ2v) is 21.1. The van der Waals surface area contributed by atoms with Crippen LogP contribution in [0.5, 0.6) is 0 Å². The van der Waals surface area contributed by atoms with E-state index in [1.54, 1.807) is 0 Å². The van der Waals surface area contributed by atoms with Gasteiger partial charge in [-0.25, -0.2) is 0 Å². The Kier molecular flexibility index (Phi) is 8.86. The van der Waals surface area contributed by atoms with Crippen LogP contribution in [0, 0.1) is 46.3 Å². The van der Waals surface area contributed by atoms with Gasteiger partial charge in [-0.3, -0.25) is 0 Å². The Balaban J connectivity index is 1.36. The Bertz CT molecular complexity index is 711. The Morgan fingerprint density at radius 2 is 1.39 bits per heavy atom. The Morgan fingerprint density at radius 3 is 2.03 bits per heavy atom. The summed E-state index contributed by atoms with van der Waals surface area (Å²) in [6, 6.07) is 0. The van der Waals surface area contributed by atoms with Gasteiger partial charge in [0.15, 0.2) is 8.32 Å². The maximum absolute atomic E-state index is 10.4. The summed E-state index contributed by atoms with van der Waals surface area (Å²) in [5, 5.41) is 10.4. The fourth-order valence-corrected chi connectivity index (χ4v) is 17.1. The van der Waals surface area contributed by atoms with Gasteiger partial charge in [0.1, 0.15) is 0 Å². The molecule has 0 bridgehead atoms. The topological polar surface area (TPSA) is 29.5 Å². The van der Waals surface area contributed by atoms with E-state index in [2.05, 4.69) is 62.3 Å². The molecule has 0 spiro atoms. The van der Waals surface area contributed by atoms with Crippen molar-refractivity contribution in [2.75, 3.05) is 6.61 Å². The first-order valence-corrected chi connectivity index (χ1v) is 18.3. The molecule has 0 heterocycles. The van der Waals surface area contributed by atoms with Crippen LogP contribution in [0.1, 0.15) is 133 Å². The van der Waals surface area contributed by atoms with Gasteiger partial charge < -0.3 is 9.53 Å². The molecule has 4 aliphatic rings. The van der Waals surface area contributed by atoms with E-state index in [9.17, 15) is 5.11 Å². The molecule has 0 amide bonds. The maximum Gasteiger partial charge on any atom is 0.200 e. The first kappa shape index (κ1) is 29.1. The van der Waals surface area contributed by atoms with Gasteiger partial charge in [-0.1, -0.05) is 62.3 Å². The van der Waals surface area contributed by atoms with E-state index in [1.807, 2.05) is 0 Å². The van der Waals surface area contributed by atoms with E-state index in [1.165, 1.54) is 57.8 Å². The number of hydrogen-bond acceptors (Lipinski definition) is 2. The highest BCUT2D eigenvalue weighted by Gasteiger charge is 2.60. The van der Waals surface area contributed by atoms with E-state index >= 15 is 0 Å². The molecular formula is C33H62O2Si. The molecule has 4 fully saturated rings. The number of aliphatic hydroxyl groups is 1. The van der Waals surface area contributed by atoms with Crippen molar-refractivity contribution >= 4 is 8.32 Å².